The largest absolute Gasteiger partial charge is 0.394 e. The van der Waals surface area contributed by atoms with Gasteiger partial charge in [-0.05, 0) is 72.9 Å². The van der Waals surface area contributed by atoms with E-state index < -0.39 is 6.04 Å². The quantitative estimate of drug-likeness (QED) is 0.417. The summed E-state index contributed by atoms with van der Waals surface area (Å²) in [6.45, 7) is 0.871. The molecule has 5 rings (SSSR count). The topological polar surface area (TPSA) is 97.0 Å². The van der Waals surface area contributed by atoms with Crippen molar-refractivity contribution >= 4 is 17.4 Å². The summed E-state index contributed by atoms with van der Waals surface area (Å²) in [5, 5.41) is 9.46. The van der Waals surface area contributed by atoms with Gasteiger partial charge >= 0.3 is 0 Å². The fourth-order valence-corrected chi connectivity index (χ4v) is 5.43. The molecule has 0 amide bonds. The number of ketones is 1. The van der Waals surface area contributed by atoms with Crippen molar-refractivity contribution in [2.75, 3.05) is 20.1 Å². The van der Waals surface area contributed by atoms with Gasteiger partial charge in [-0.1, -0.05) is 12.8 Å². The van der Waals surface area contributed by atoms with Gasteiger partial charge in [-0.25, -0.2) is 9.37 Å². The zero-order chi connectivity index (χ0) is 24.4. The van der Waals surface area contributed by atoms with Crippen molar-refractivity contribution in [1.82, 2.24) is 25.5 Å². The number of nitrogens with two attached hydrogens (primary N) is 1. The third-order valence-electron chi connectivity index (χ3n) is 7.23. The number of nitrogens with one attached hydrogen (secondary N) is 3. The zero-order valence-corrected chi connectivity index (χ0v) is 20.3. The minimum Gasteiger partial charge on any atom is -0.394 e. The Bertz CT molecular complexity index is 1140. The van der Waals surface area contributed by atoms with Crippen LogP contribution in [0, 0.1) is 5.82 Å². The molecule has 186 valence electrons. The van der Waals surface area contributed by atoms with Crippen LogP contribution in [0.25, 0.3) is 11.6 Å². The highest BCUT2D eigenvalue weighted by molar-refractivity contribution is 5.88. The molecule has 0 saturated heterocycles. The molecule has 3 aliphatic rings. The molecule has 1 aliphatic heterocycles. The van der Waals surface area contributed by atoms with Crippen LogP contribution in [0.4, 0.5) is 4.39 Å². The number of fused-ring (bicyclic) bond motifs is 1. The van der Waals surface area contributed by atoms with E-state index in [1.54, 1.807) is 13.2 Å². The smallest absolute Gasteiger partial charge is 0.174 e. The summed E-state index contributed by atoms with van der Waals surface area (Å²) in [5.74, 6) is 1.41. The Hall–Kier alpha value is -2.97. The van der Waals surface area contributed by atoms with E-state index in [4.69, 9.17) is 10.7 Å². The van der Waals surface area contributed by atoms with Crippen LogP contribution in [0.5, 0.6) is 0 Å². The number of carbonyl (C=O) groups excluding carboxylic acids is 1. The number of Topliss-reactive ketones (excluding diaryl/α,β-unsaturated/α-hetero) is 1. The minimum atomic E-state index is -0.420. The number of aromatic nitrogens is 2. The molecule has 2 heterocycles. The number of halogens is 1. The summed E-state index contributed by atoms with van der Waals surface area (Å²) in [6.07, 6.45) is 12.8. The number of benzene rings is 1. The average molecular weight is 479 g/mol. The first-order valence-corrected chi connectivity index (χ1v) is 12.7. The van der Waals surface area contributed by atoms with Crippen molar-refractivity contribution in [3.05, 3.63) is 64.8 Å². The van der Waals surface area contributed by atoms with Crippen LogP contribution < -0.4 is 21.7 Å². The van der Waals surface area contributed by atoms with E-state index in [1.807, 2.05) is 18.3 Å². The van der Waals surface area contributed by atoms with Crippen LogP contribution in [0.2, 0.25) is 0 Å². The van der Waals surface area contributed by atoms with E-state index in [-0.39, 0.29) is 18.1 Å². The second-order valence-corrected chi connectivity index (χ2v) is 9.84. The Balaban J connectivity index is 1.30. The van der Waals surface area contributed by atoms with Crippen molar-refractivity contribution in [3.63, 3.8) is 0 Å². The van der Waals surface area contributed by atoms with Gasteiger partial charge in [-0.15, -0.1) is 0 Å². The highest BCUT2D eigenvalue weighted by Crippen LogP contribution is 2.44. The lowest BCUT2D eigenvalue weighted by molar-refractivity contribution is -0.120. The van der Waals surface area contributed by atoms with Crippen LogP contribution in [0.3, 0.4) is 0 Å². The van der Waals surface area contributed by atoms with Crippen LogP contribution in [0.1, 0.15) is 84.9 Å². The molecule has 2 aliphatic carbocycles. The standard InChI is InChI=1S/C27H35FN6O/c1-30-15-20(13-29)19-10-17(11-21(28)12-19)14-31-16-24(35)25-26-23(8-9-32-25)33-27(18-4-2-3-5-18)34(26)22-6-7-22/h8-12,15,18,22,25,30-32H,2-7,13-14,16,29H2,1H3/b20-15+. The second-order valence-electron chi connectivity index (χ2n) is 9.84. The van der Waals surface area contributed by atoms with Gasteiger partial charge in [-0.2, -0.15) is 0 Å². The molecule has 1 unspecified atom stereocenters. The monoisotopic (exact) mass is 478 g/mol. The predicted octanol–water partition coefficient (Wildman–Crippen LogP) is 3.51. The third-order valence-corrected chi connectivity index (χ3v) is 7.23. The van der Waals surface area contributed by atoms with E-state index in [0.29, 0.717) is 25.0 Å². The van der Waals surface area contributed by atoms with Gasteiger partial charge in [0, 0.05) is 38.3 Å². The van der Waals surface area contributed by atoms with Crippen molar-refractivity contribution in [2.24, 2.45) is 5.73 Å². The van der Waals surface area contributed by atoms with Gasteiger partial charge in [0.25, 0.3) is 0 Å². The first kappa shape index (κ1) is 23.8. The maximum absolute atomic E-state index is 14.3. The number of rotatable bonds is 10. The van der Waals surface area contributed by atoms with Crippen LogP contribution in [0.15, 0.2) is 30.6 Å². The molecule has 2 fully saturated rings. The molecule has 7 nitrogen and oxygen atoms in total. The van der Waals surface area contributed by atoms with E-state index >= 15 is 0 Å². The minimum absolute atomic E-state index is 0.0599. The summed E-state index contributed by atoms with van der Waals surface area (Å²) in [7, 11) is 1.79. The molecule has 1 aromatic carbocycles. The average Bonchev–Trinajstić information content (AvgIpc) is 3.39. The first-order valence-electron chi connectivity index (χ1n) is 12.7. The Morgan fingerprint density at radius 1 is 1.26 bits per heavy atom. The van der Waals surface area contributed by atoms with Crippen molar-refractivity contribution in [2.45, 2.75) is 63.1 Å². The third kappa shape index (κ3) is 5.04. The van der Waals surface area contributed by atoms with Gasteiger partial charge in [-0.3, -0.25) is 4.79 Å². The molecule has 5 N–H and O–H groups in total. The highest BCUT2D eigenvalue weighted by Gasteiger charge is 2.38. The Morgan fingerprint density at radius 3 is 2.77 bits per heavy atom. The second kappa shape index (κ2) is 10.3. The fourth-order valence-electron chi connectivity index (χ4n) is 5.43. The van der Waals surface area contributed by atoms with E-state index in [0.717, 1.165) is 40.9 Å². The molecule has 1 aromatic heterocycles. The van der Waals surface area contributed by atoms with Crippen molar-refractivity contribution in [3.8, 4) is 0 Å². The molecule has 1 atom stereocenters. The summed E-state index contributed by atoms with van der Waals surface area (Å²) < 4.78 is 16.6. The van der Waals surface area contributed by atoms with Crippen LogP contribution in [-0.4, -0.2) is 35.5 Å². The summed E-state index contributed by atoms with van der Waals surface area (Å²) in [5.41, 5.74) is 10.1. The number of hydrogen-bond donors (Lipinski definition) is 4. The number of carbonyl (C=O) groups is 1. The summed E-state index contributed by atoms with van der Waals surface area (Å²) >= 11 is 0. The van der Waals surface area contributed by atoms with Crippen LogP contribution in [-0.2, 0) is 11.3 Å². The molecule has 2 saturated carbocycles. The lowest BCUT2D eigenvalue weighted by atomic mass is 10.0. The van der Waals surface area contributed by atoms with E-state index in [1.165, 1.54) is 43.6 Å². The van der Waals surface area contributed by atoms with Gasteiger partial charge in [0.05, 0.1) is 17.9 Å². The van der Waals surface area contributed by atoms with Crippen molar-refractivity contribution < 1.29 is 9.18 Å². The van der Waals surface area contributed by atoms with Crippen molar-refractivity contribution in [1.29, 1.82) is 0 Å². The SMILES string of the molecule is CN/C=C(\CN)c1cc(F)cc(CNCC(=O)C2NC=Cc3nc(C4CCCC4)n(C4CC4)c32)c1. The zero-order valence-electron chi connectivity index (χ0n) is 20.3. The molecule has 2 aromatic rings. The molecule has 0 spiro atoms. The number of imidazole rings is 1. The van der Waals surface area contributed by atoms with Gasteiger partial charge in [0.2, 0.25) is 0 Å². The Labute approximate surface area is 206 Å². The highest BCUT2D eigenvalue weighted by atomic mass is 19.1. The fraction of sp³-hybridized carbons (Fsp3) is 0.481. The molecule has 8 heteroatoms. The lowest BCUT2D eigenvalue weighted by Gasteiger charge is -2.23. The Kier molecular flexibility index (Phi) is 7.02. The number of hydrogen-bond acceptors (Lipinski definition) is 6. The maximum atomic E-state index is 14.3. The maximum Gasteiger partial charge on any atom is 0.174 e. The van der Waals surface area contributed by atoms with Gasteiger partial charge in [0.1, 0.15) is 17.7 Å². The molecular weight excluding hydrogens is 443 g/mol. The molecular formula is C27H35FN6O. The summed E-state index contributed by atoms with van der Waals surface area (Å²) in [6, 6.07) is 4.92. The van der Waals surface area contributed by atoms with Crippen LogP contribution >= 0.6 is 0 Å². The van der Waals surface area contributed by atoms with E-state index in [2.05, 4.69) is 20.5 Å². The Morgan fingerprint density at radius 2 is 2.06 bits per heavy atom. The summed E-state index contributed by atoms with van der Waals surface area (Å²) in [4.78, 5) is 18.4. The molecule has 35 heavy (non-hydrogen) atoms. The van der Waals surface area contributed by atoms with E-state index in [9.17, 15) is 9.18 Å². The first-order chi connectivity index (χ1) is 17.1. The molecule has 0 radical (unpaired) electrons. The molecule has 0 bridgehead atoms. The predicted molar refractivity (Wildman–Crippen MR) is 136 cm³/mol. The number of nitrogens with zero attached hydrogens (tertiary/aromatic N) is 2. The van der Waals surface area contributed by atoms with Gasteiger partial charge in [0.15, 0.2) is 5.78 Å². The van der Waals surface area contributed by atoms with Gasteiger partial charge < -0.3 is 26.3 Å². The lowest BCUT2D eigenvalue weighted by Crippen LogP contribution is -2.36. The normalized spacial score (nSPS) is 20.1.